The molecule has 0 aliphatic heterocycles. The van der Waals surface area contributed by atoms with Crippen LogP contribution in [-0.2, 0) is 14.6 Å². The Morgan fingerprint density at radius 1 is 1.42 bits per heavy atom. The van der Waals surface area contributed by atoms with Crippen LogP contribution in [0, 0.1) is 0 Å². The number of nitrogens with one attached hydrogen (secondary N) is 2. The molecule has 0 bridgehead atoms. The first-order valence-electron chi connectivity index (χ1n) is 6.11. The maximum Gasteiger partial charge on any atom is 0.191 e. The molecule has 0 aromatic carbocycles. The number of rotatable bonds is 8. The Kier molecular flexibility index (Phi) is 13.1. The zero-order chi connectivity index (χ0) is 14.0. The lowest BCUT2D eigenvalue weighted by Gasteiger charge is -2.17. The number of guanidine groups is 1. The summed E-state index contributed by atoms with van der Waals surface area (Å²) >= 11 is 0. The predicted octanol–water partition coefficient (Wildman–Crippen LogP) is 0.629. The summed E-state index contributed by atoms with van der Waals surface area (Å²) in [4.78, 5) is 4.06. The Morgan fingerprint density at radius 3 is 2.53 bits per heavy atom. The molecular weight excluding hydrogens is 381 g/mol. The maximum atomic E-state index is 11.0. The summed E-state index contributed by atoms with van der Waals surface area (Å²) in [6.07, 6.45) is 1.81. The van der Waals surface area contributed by atoms with Crippen LogP contribution < -0.4 is 10.6 Å². The Morgan fingerprint density at radius 2 is 2.05 bits per heavy atom. The lowest BCUT2D eigenvalue weighted by Crippen LogP contribution is -2.43. The van der Waals surface area contributed by atoms with Gasteiger partial charge in [-0.3, -0.25) is 4.99 Å². The Hall–Kier alpha value is -0.0900. The second kappa shape index (κ2) is 11.7. The highest BCUT2D eigenvalue weighted by Gasteiger charge is 2.09. The predicted molar refractivity (Wildman–Crippen MR) is 90.2 cm³/mol. The highest BCUT2D eigenvalue weighted by molar-refractivity contribution is 14.0. The minimum absolute atomic E-state index is 0. The molecule has 0 fully saturated rings. The fourth-order valence-corrected chi connectivity index (χ4v) is 2.06. The molecule has 0 aromatic heterocycles. The quantitative estimate of drug-likeness (QED) is 0.267. The van der Waals surface area contributed by atoms with Crippen LogP contribution in [0.15, 0.2) is 4.99 Å². The summed E-state index contributed by atoms with van der Waals surface area (Å²) in [7, 11) is -1.23. The Labute approximate surface area is 133 Å². The van der Waals surface area contributed by atoms with E-state index in [1.807, 2.05) is 13.8 Å². The number of aliphatic imine (C=N–C) groups is 1. The van der Waals surface area contributed by atoms with Gasteiger partial charge in [-0.05, 0) is 20.3 Å². The molecule has 0 spiro atoms. The maximum absolute atomic E-state index is 11.0. The molecule has 0 aliphatic carbocycles. The molecule has 0 saturated carbocycles. The van der Waals surface area contributed by atoms with E-state index in [1.165, 1.54) is 6.26 Å². The second-order valence-electron chi connectivity index (χ2n) is 4.16. The van der Waals surface area contributed by atoms with Crippen molar-refractivity contribution >= 4 is 39.8 Å². The van der Waals surface area contributed by atoms with Gasteiger partial charge in [-0.25, -0.2) is 8.42 Å². The highest BCUT2D eigenvalue weighted by atomic mass is 127. The van der Waals surface area contributed by atoms with Crippen LogP contribution >= 0.6 is 24.0 Å². The van der Waals surface area contributed by atoms with Crippen molar-refractivity contribution in [3.63, 3.8) is 0 Å². The fraction of sp³-hybridized carbons (Fsp3) is 0.909. The van der Waals surface area contributed by atoms with Crippen LogP contribution in [0.3, 0.4) is 0 Å². The molecule has 19 heavy (non-hydrogen) atoms. The summed E-state index contributed by atoms with van der Waals surface area (Å²) in [5.74, 6) is 0.840. The smallest absolute Gasteiger partial charge is 0.191 e. The van der Waals surface area contributed by atoms with Crippen LogP contribution in [-0.4, -0.2) is 59.2 Å². The number of halogens is 1. The molecule has 0 rings (SSSR count). The monoisotopic (exact) mass is 407 g/mol. The lowest BCUT2D eigenvalue weighted by molar-refractivity contribution is 0.152. The van der Waals surface area contributed by atoms with E-state index in [0.717, 1.165) is 0 Å². The third-order valence-corrected chi connectivity index (χ3v) is 3.25. The minimum atomic E-state index is -2.91. The first kappa shape index (κ1) is 21.2. The summed E-state index contributed by atoms with van der Waals surface area (Å²) in [6.45, 7) is 5.86. The van der Waals surface area contributed by atoms with Crippen LogP contribution in [0.4, 0.5) is 0 Å². The minimum Gasteiger partial charge on any atom is -0.380 e. The molecule has 0 radical (unpaired) electrons. The molecule has 0 aliphatic rings. The molecule has 6 nitrogen and oxygen atoms in total. The van der Waals surface area contributed by atoms with E-state index in [2.05, 4.69) is 15.6 Å². The van der Waals surface area contributed by atoms with Crippen LogP contribution in [0.5, 0.6) is 0 Å². The Bertz CT molecular complexity index is 347. The van der Waals surface area contributed by atoms with Crippen molar-refractivity contribution in [3.8, 4) is 0 Å². The first-order chi connectivity index (χ1) is 8.39. The normalized spacial score (nSPS) is 13.6. The number of ether oxygens (including phenoxy) is 1. The molecule has 0 heterocycles. The molecule has 2 N–H and O–H groups in total. The summed E-state index contributed by atoms with van der Waals surface area (Å²) in [5.41, 5.74) is 0. The van der Waals surface area contributed by atoms with Crippen molar-refractivity contribution in [1.29, 1.82) is 0 Å². The fourth-order valence-electron chi connectivity index (χ4n) is 1.28. The topological polar surface area (TPSA) is 79.8 Å². The van der Waals surface area contributed by atoms with Crippen molar-refractivity contribution in [3.05, 3.63) is 0 Å². The number of hydrogen-bond donors (Lipinski definition) is 2. The molecule has 0 saturated heterocycles. The zero-order valence-electron chi connectivity index (χ0n) is 12.1. The summed E-state index contributed by atoms with van der Waals surface area (Å²) in [5, 5.41) is 6.23. The van der Waals surface area contributed by atoms with E-state index in [1.54, 1.807) is 7.05 Å². The zero-order valence-corrected chi connectivity index (χ0v) is 15.2. The number of hydrogen-bond acceptors (Lipinski definition) is 4. The van der Waals surface area contributed by atoms with Crippen LogP contribution in [0.2, 0.25) is 0 Å². The van der Waals surface area contributed by atoms with E-state index < -0.39 is 9.84 Å². The highest BCUT2D eigenvalue weighted by Crippen LogP contribution is 1.95. The molecule has 8 heteroatoms. The van der Waals surface area contributed by atoms with Crippen LogP contribution in [0.1, 0.15) is 20.3 Å². The third kappa shape index (κ3) is 14.1. The summed E-state index contributed by atoms with van der Waals surface area (Å²) in [6, 6.07) is 0.0537. The van der Waals surface area contributed by atoms with E-state index in [-0.39, 0.29) is 35.8 Å². The molecule has 1 atom stereocenters. The molecule has 1 unspecified atom stereocenters. The largest absolute Gasteiger partial charge is 0.380 e. The van der Waals surface area contributed by atoms with Gasteiger partial charge in [0.05, 0.1) is 12.4 Å². The third-order valence-electron chi connectivity index (χ3n) is 2.27. The molecule has 116 valence electrons. The van der Waals surface area contributed by atoms with Crippen molar-refractivity contribution < 1.29 is 13.2 Å². The molecular formula is C11H26IN3O3S. The summed E-state index contributed by atoms with van der Waals surface area (Å²) < 4.78 is 27.3. The SMILES string of the molecule is CCOCCNC(=NC)NC(C)CCS(C)(=O)=O.I. The van der Waals surface area contributed by atoms with Gasteiger partial charge in [0.15, 0.2) is 5.96 Å². The van der Waals surface area contributed by atoms with E-state index in [9.17, 15) is 8.42 Å². The number of sulfone groups is 1. The van der Waals surface area contributed by atoms with Crippen molar-refractivity contribution in [2.75, 3.05) is 38.8 Å². The molecule has 0 amide bonds. The van der Waals surface area contributed by atoms with E-state index in [0.29, 0.717) is 32.1 Å². The van der Waals surface area contributed by atoms with E-state index in [4.69, 9.17) is 4.74 Å². The van der Waals surface area contributed by atoms with Crippen molar-refractivity contribution in [1.82, 2.24) is 10.6 Å². The lowest BCUT2D eigenvalue weighted by atomic mass is 10.3. The van der Waals surface area contributed by atoms with Gasteiger partial charge in [0.1, 0.15) is 9.84 Å². The number of nitrogens with zero attached hydrogens (tertiary/aromatic N) is 1. The van der Waals surface area contributed by atoms with Gasteiger partial charge >= 0.3 is 0 Å². The van der Waals surface area contributed by atoms with Gasteiger partial charge in [-0.15, -0.1) is 24.0 Å². The first-order valence-corrected chi connectivity index (χ1v) is 8.17. The molecule has 0 aromatic rings. The van der Waals surface area contributed by atoms with Gasteiger partial charge in [0.25, 0.3) is 0 Å². The average molecular weight is 407 g/mol. The standard InChI is InChI=1S/C11H25N3O3S.HI/c1-5-17-8-7-13-11(12-3)14-10(2)6-9-18(4,15)16;/h10H,5-9H2,1-4H3,(H2,12,13,14);1H. The van der Waals surface area contributed by atoms with Gasteiger partial charge in [0.2, 0.25) is 0 Å². The van der Waals surface area contributed by atoms with Gasteiger partial charge in [-0.1, -0.05) is 0 Å². The van der Waals surface area contributed by atoms with Gasteiger partial charge in [0, 0.05) is 32.5 Å². The van der Waals surface area contributed by atoms with Gasteiger partial charge in [-0.2, -0.15) is 0 Å². The van der Waals surface area contributed by atoms with Crippen molar-refractivity contribution in [2.24, 2.45) is 4.99 Å². The van der Waals surface area contributed by atoms with Gasteiger partial charge < -0.3 is 15.4 Å². The van der Waals surface area contributed by atoms with Crippen molar-refractivity contribution in [2.45, 2.75) is 26.3 Å². The van der Waals surface area contributed by atoms with E-state index >= 15 is 0 Å². The Balaban J connectivity index is 0. The van der Waals surface area contributed by atoms with Crippen LogP contribution in [0.25, 0.3) is 0 Å². The second-order valence-corrected chi connectivity index (χ2v) is 6.42. The average Bonchev–Trinajstić information content (AvgIpc) is 2.29.